The predicted octanol–water partition coefficient (Wildman–Crippen LogP) is 3.18. The minimum Gasteiger partial charge on any atom is -0.244 e. The van der Waals surface area contributed by atoms with Crippen molar-refractivity contribution in [3.05, 3.63) is 65.8 Å². The van der Waals surface area contributed by atoms with Crippen LogP contribution in [0, 0.1) is 11.3 Å². The van der Waals surface area contributed by atoms with Gasteiger partial charge in [0.2, 0.25) is 0 Å². The van der Waals surface area contributed by atoms with E-state index in [1.807, 2.05) is 42.5 Å². The molecule has 1 aromatic heterocycles. The first-order chi connectivity index (χ1) is 8.90. The largest absolute Gasteiger partial charge is 0.244 e. The van der Waals surface area contributed by atoms with Crippen LogP contribution < -0.4 is 0 Å². The monoisotopic (exact) mass is 233 g/mol. The van der Waals surface area contributed by atoms with Crippen LogP contribution in [0.1, 0.15) is 16.7 Å². The van der Waals surface area contributed by atoms with E-state index in [0.717, 1.165) is 16.7 Å². The van der Waals surface area contributed by atoms with Gasteiger partial charge in [0.1, 0.15) is 6.33 Å². The topological polar surface area (TPSA) is 49.6 Å². The molecule has 1 aromatic carbocycles. The van der Waals surface area contributed by atoms with Crippen molar-refractivity contribution in [1.82, 2.24) is 9.97 Å². The molecule has 0 aliphatic heterocycles. The highest BCUT2D eigenvalue weighted by Gasteiger charge is 1.94. The third-order valence-electron chi connectivity index (χ3n) is 2.37. The molecule has 0 amide bonds. The third-order valence-corrected chi connectivity index (χ3v) is 2.37. The SMILES string of the molecule is N#C/C=C/c1ccccc1/C=C/c1cncnc1. The van der Waals surface area contributed by atoms with Crippen LogP contribution in [0.3, 0.4) is 0 Å². The second kappa shape index (κ2) is 6.12. The van der Waals surface area contributed by atoms with Crippen molar-refractivity contribution >= 4 is 18.2 Å². The smallest absolute Gasteiger partial charge is 0.115 e. The molecule has 0 spiro atoms. The molecule has 0 aliphatic carbocycles. The Hall–Kier alpha value is -2.73. The van der Waals surface area contributed by atoms with Crippen LogP contribution in [0.4, 0.5) is 0 Å². The first-order valence-electron chi connectivity index (χ1n) is 5.48. The summed E-state index contributed by atoms with van der Waals surface area (Å²) >= 11 is 0. The summed E-state index contributed by atoms with van der Waals surface area (Å²) < 4.78 is 0. The summed E-state index contributed by atoms with van der Waals surface area (Å²) in [5, 5.41) is 8.56. The van der Waals surface area contributed by atoms with Crippen LogP contribution in [0.2, 0.25) is 0 Å². The van der Waals surface area contributed by atoms with E-state index < -0.39 is 0 Å². The third kappa shape index (κ3) is 3.13. The molecule has 0 saturated heterocycles. The highest BCUT2D eigenvalue weighted by atomic mass is 14.8. The highest BCUT2D eigenvalue weighted by molar-refractivity contribution is 5.74. The van der Waals surface area contributed by atoms with Gasteiger partial charge in [-0.1, -0.05) is 36.4 Å². The van der Waals surface area contributed by atoms with E-state index in [2.05, 4.69) is 9.97 Å². The fraction of sp³-hybridized carbons (Fsp3) is 0. The molecule has 3 heteroatoms. The van der Waals surface area contributed by atoms with Gasteiger partial charge in [0.05, 0.1) is 6.07 Å². The fourth-order valence-corrected chi connectivity index (χ4v) is 1.52. The number of rotatable bonds is 3. The summed E-state index contributed by atoms with van der Waals surface area (Å²) in [6, 6.07) is 9.86. The van der Waals surface area contributed by atoms with Crippen LogP contribution in [0.5, 0.6) is 0 Å². The van der Waals surface area contributed by atoms with E-state index >= 15 is 0 Å². The molecule has 1 heterocycles. The van der Waals surface area contributed by atoms with Gasteiger partial charge in [0, 0.05) is 24.0 Å². The maximum atomic E-state index is 8.56. The molecule has 0 radical (unpaired) electrons. The Balaban J connectivity index is 2.27. The minimum absolute atomic E-state index is 0.941. The lowest BCUT2D eigenvalue weighted by Gasteiger charge is -1.99. The van der Waals surface area contributed by atoms with Gasteiger partial charge in [0.15, 0.2) is 0 Å². The second-order valence-corrected chi connectivity index (χ2v) is 3.60. The molecule has 0 saturated carbocycles. The zero-order valence-corrected chi connectivity index (χ0v) is 9.69. The summed E-state index contributed by atoms with van der Waals surface area (Å²) in [6.45, 7) is 0. The Morgan fingerprint density at radius 1 is 0.944 bits per heavy atom. The van der Waals surface area contributed by atoms with Crippen molar-refractivity contribution in [3.8, 4) is 6.07 Å². The zero-order chi connectivity index (χ0) is 12.6. The van der Waals surface area contributed by atoms with Gasteiger partial charge in [-0.25, -0.2) is 9.97 Å². The Bertz CT molecular complexity index is 607. The van der Waals surface area contributed by atoms with Gasteiger partial charge >= 0.3 is 0 Å². The first kappa shape index (κ1) is 11.7. The Morgan fingerprint density at radius 3 is 2.28 bits per heavy atom. The number of aromatic nitrogens is 2. The van der Waals surface area contributed by atoms with Crippen molar-refractivity contribution < 1.29 is 0 Å². The zero-order valence-electron chi connectivity index (χ0n) is 9.69. The molecule has 86 valence electrons. The number of nitriles is 1. The van der Waals surface area contributed by atoms with E-state index in [-0.39, 0.29) is 0 Å². The van der Waals surface area contributed by atoms with Crippen molar-refractivity contribution in [2.45, 2.75) is 0 Å². The van der Waals surface area contributed by atoms with Gasteiger partial charge in [-0.2, -0.15) is 5.26 Å². The lowest BCUT2D eigenvalue weighted by Crippen LogP contribution is -1.81. The molecule has 0 atom stereocenters. The predicted molar refractivity (Wildman–Crippen MR) is 72.0 cm³/mol. The summed E-state index contributed by atoms with van der Waals surface area (Å²) in [7, 11) is 0. The quantitative estimate of drug-likeness (QED) is 0.765. The molecule has 0 bridgehead atoms. The molecular weight excluding hydrogens is 222 g/mol. The lowest BCUT2D eigenvalue weighted by atomic mass is 10.1. The summed E-state index contributed by atoms with van der Waals surface area (Å²) in [5.74, 6) is 0. The second-order valence-electron chi connectivity index (χ2n) is 3.60. The van der Waals surface area contributed by atoms with Crippen molar-refractivity contribution in [1.29, 1.82) is 5.26 Å². The van der Waals surface area contributed by atoms with Gasteiger partial charge < -0.3 is 0 Å². The van der Waals surface area contributed by atoms with E-state index in [4.69, 9.17) is 5.26 Å². The number of nitrogens with zero attached hydrogens (tertiary/aromatic N) is 3. The summed E-state index contributed by atoms with van der Waals surface area (Å²) in [4.78, 5) is 7.90. The highest BCUT2D eigenvalue weighted by Crippen LogP contribution is 2.14. The van der Waals surface area contributed by atoms with Crippen LogP contribution in [-0.4, -0.2) is 9.97 Å². The number of benzene rings is 1. The van der Waals surface area contributed by atoms with Gasteiger partial charge in [-0.15, -0.1) is 0 Å². The van der Waals surface area contributed by atoms with E-state index in [1.165, 1.54) is 12.4 Å². The summed E-state index contributed by atoms with van der Waals surface area (Å²) in [5.41, 5.74) is 3.00. The fourth-order valence-electron chi connectivity index (χ4n) is 1.52. The Labute approximate surface area is 106 Å². The van der Waals surface area contributed by atoms with Gasteiger partial charge in [-0.05, 0) is 17.2 Å². The van der Waals surface area contributed by atoms with Crippen LogP contribution in [0.25, 0.3) is 18.2 Å². The molecule has 0 aliphatic rings. The lowest BCUT2D eigenvalue weighted by molar-refractivity contribution is 1.16. The maximum absolute atomic E-state index is 8.56. The molecule has 0 N–H and O–H groups in total. The molecule has 0 unspecified atom stereocenters. The minimum atomic E-state index is 0.941. The first-order valence-corrected chi connectivity index (χ1v) is 5.48. The standard InChI is InChI=1S/C15H11N3/c16-9-3-6-14-4-1-2-5-15(14)8-7-13-10-17-12-18-11-13/h1-8,10-12H/b6-3+,8-7+. The van der Waals surface area contributed by atoms with Gasteiger partial charge in [-0.3, -0.25) is 0 Å². The Morgan fingerprint density at radius 2 is 1.61 bits per heavy atom. The van der Waals surface area contributed by atoms with Crippen molar-refractivity contribution in [3.63, 3.8) is 0 Å². The summed E-state index contributed by atoms with van der Waals surface area (Å²) in [6.07, 6.45) is 12.2. The molecule has 3 nitrogen and oxygen atoms in total. The van der Waals surface area contributed by atoms with E-state index in [1.54, 1.807) is 18.5 Å². The average molecular weight is 233 g/mol. The number of hydrogen-bond donors (Lipinski definition) is 0. The number of allylic oxidation sites excluding steroid dienone is 1. The Kier molecular flexibility index (Phi) is 3.99. The molecule has 18 heavy (non-hydrogen) atoms. The normalized spacial score (nSPS) is 10.8. The van der Waals surface area contributed by atoms with Crippen LogP contribution in [-0.2, 0) is 0 Å². The number of hydrogen-bond acceptors (Lipinski definition) is 3. The van der Waals surface area contributed by atoms with Crippen molar-refractivity contribution in [2.24, 2.45) is 0 Å². The van der Waals surface area contributed by atoms with Crippen LogP contribution >= 0.6 is 0 Å². The molecular formula is C15H11N3. The van der Waals surface area contributed by atoms with E-state index in [0.29, 0.717) is 0 Å². The molecule has 2 rings (SSSR count). The molecule has 2 aromatic rings. The van der Waals surface area contributed by atoms with Crippen LogP contribution in [0.15, 0.2) is 49.1 Å². The van der Waals surface area contributed by atoms with Gasteiger partial charge in [0.25, 0.3) is 0 Å². The van der Waals surface area contributed by atoms with Crippen molar-refractivity contribution in [2.75, 3.05) is 0 Å². The average Bonchev–Trinajstić information content (AvgIpc) is 2.45. The van der Waals surface area contributed by atoms with E-state index in [9.17, 15) is 0 Å². The maximum Gasteiger partial charge on any atom is 0.115 e. The molecule has 0 fully saturated rings.